The van der Waals surface area contributed by atoms with Crippen LogP contribution in [-0.2, 0) is 14.3 Å². The first-order valence-electron chi connectivity index (χ1n) is 3.97. The Morgan fingerprint density at radius 1 is 1.64 bits per heavy atom. The van der Waals surface area contributed by atoms with E-state index in [0.717, 1.165) is 4.90 Å². The number of aliphatic hydroxyl groups is 1. The number of imide groups is 1. The van der Waals surface area contributed by atoms with Crippen molar-refractivity contribution in [2.24, 2.45) is 5.73 Å². The Balaban J connectivity index is 2.41. The Kier molecular flexibility index (Phi) is 3.03. The molecule has 1 fully saturated rings. The molecule has 7 heteroatoms. The Morgan fingerprint density at radius 3 is 2.71 bits per heavy atom. The SMILES string of the molecule is NC(=O)OCCN1C(=O)C[C@H](O)C1=O. The molecule has 0 aromatic heterocycles. The van der Waals surface area contributed by atoms with Gasteiger partial charge in [0.15, 0.2) is 0 Å². The first-order chi connectivity index (χ1) is 6.52. The van der Waals surface area contributed by atoms with E-state index in [1.807, 2.05) is 0 Å². The zero-order chi connectivity index (χ0) is 10.7. The maximum atomic E-state index is 11.1. The average molecular weight is 202 g/mol. The number of nitrogens with zero attached hydrogens (tertiary/aromatic N) is 1. The summed E-state index contributed by atoms with van der Waals surface area (Å²) in [4.78, 5) is 33.1. The number of rotatable bonds is 3. The number of carbonyl (C=O) groups excluding carboxylic acids is 3. The van der Waals surface area contributed by atoms with E-state index < -0.39 is 24.0 Å². The van der Waals surface area contributed by atoms with Gasteiger partial charge in [-0.1, -0.05) is 0 Å². The Labute approximate surface area is 79.4 Å². The number of hydrogen-bond donors (Lipinski definition) is 2. The third kappa shape index (κ3) is 2.19. The van der Waals surface area contributed by atoms with Crippen LogP contribution in [-0.4, -0.2) is 47.2 Å². The zero-order valence-electron chi connectivity index (χ0n) is 7.30. The van der Waals surface area contributed by atoms with Gasteiger partial charge in [-0.25, -0.2) is 4.79 Å². The third-order valence-corrected chi connectivity index (χ3v) is 1.78. The van der Waals surface area contributed by atoms with Crippen LogP contribution in [0.1, 0.15) is 6.42 Å². The van der Waals surface area contributed by atoms with E-state index in [2.05, 4.69) is 10.5 Å². The molecule has 1 aliphatic rings. The van der Waals surface area contributed by atoms with Gasteiger partial charge in [-0.15, -0.1) is 0 Å². The van der Waals surface area contributed by atoms with Gasteiger partial charge in [0.05, 0.1) is 13.0 Å². The van der Waals surface area contributed by atoms with Crippen LogP contribution in [0, 0.1) is 0 Å². The van der Waals surface area contributed by atoms with Gasteiger partial charge in [0.2, 0.25) is 5.91 Å². The monoisotopic (exact) mass is 202 g/mol. The van der Waals surface area contributed by atoms with E-state index in [4.69, 9.17) is 5.11 Å². The van der Waals surface area contributed by atoms with Crippen molar-refractivity contribution in [3.63, 3.8) is 0 Å². The van der Waals surface area contributed by atoms with E-state index in [0.29, 0.717) is 0 Å². The summed E-state index contributed by atoms with van der Waals surface area (Å²) in [7, 11) is 0. The molecule has 0 unspecified atom stereocenters. The lowest BCUT2D eigenvalue weighted by Gasteiger charge is -2.12. The molecule has 1 saturated heterocycles. The van der Waals surface area contributed by atoms with Crippen LogP contribution in [0.5, 0.6) is 0 Å². The van der Waals surface area contributed by atoms with Gasteiger partial charge < -0.3 is 15.6 Å². The molecule has 1 aliphatic heterocycles. The number of ether oxygens (including phenoxy) is 1. The summed E-state index contributed by atoms with van der Waals surface area (Å²) in [5.74, 6) is -1.14. The summed E-state index contributed by atoms with van der Waals surface area (Å²) >= 11 is 0. The van der Waals surface area contributed by atoms with Gasteiger partial charge in [-0.05, 0) is 0 Å². The van der Waals surface area contributed by atoms with Crippen molar-refractivity contribution in [1.82, 2.24) is 4.90 Å². The molecule has 3 amide bonds. The van der Waals surface area contributed by atoms with Crippen LogP contribution in [0.25, 0.3) is 0 Å². The molecule has 0 saturated carbocycles. The topological polar surface area (TPSA) is 110 Å². The number of likely N-dealkylation sites (tertiary alicyclic amines) is 1. The molecule has 1 rings (SSSR count). The summed E-state index contributed by atoms with van der Waals surface area (Å²) in [6, 6.07) is 0. The van der Waals surface area contributed by atoms with Crippen molar-refractivity contribution in [1.29, 1.82) is 0 Å². The highest BCUT2D eigenvalue weighted by Gasteiger charge is 2.36. The molecule has 0 bridgehead atoms. The summed E-state index contributed by atoms with van der Waals surface area (Å²) in [6.45, 7) is -0.225. The summed E-state index contributed by atoms with van der Waals surface area (Å²) in [5, 5.41) is 9.00. The van der Waals surface area contributed by atoms with Crippen LogP contribution in [0.4, 0.5) is 4.79 Å². The predicted molar refractivity (Wildman–Crippen MR) is 42.9 cm³/mol. The quantitative estimate of drug-likeness (QED) is 0.525. The van der Waals surface area contributed by atoms with Gasteiger partial charge in [0, 0.05) is 0 Å². The first kappa shape index (κ1) is 10.5. The molecular formula is C7H10N2O5. The van der Waals surface area contributed by atoms with E-state index in [1.165, 1.54) is 0 Å². The van der Waals surface area contributed by atoms with Crippen LogP contribution in [0.15, 0.2) is 0 Å². The van der Waals surface area contributed by atoms with Gasteiger partial charge in [0.1, 0.15) is 12.7 Å². The second-order valence-electron chi connectivity index (χ2n) is 2.77. The molecular weight excluding hydrogens is 192 g/mol. The number of hydrogen-bond acceptors (Lipinski definition) is 5. The van der Waals surface area contributed by atoms with Gasteiger partial charge in [0.25, 0.3) is 5.91 Å². The molecule has 0 radical (unpaired) electrons. The highest BCUT2D eigenvalue weighted by molar-refractivity contribution is 6.04. The molecule has 0 aromatic carbocycles. The van der Waals surface area contributed by atoms with Crippen molar-refractivity contribution in [3.8, 4) is 0 Å². The fraction of sp³-hybridized carbons (Fsp3) is 0.571. The highest BCUT2D eigenvalue weighted by atomic mass is 16.5. The van der Waals surface area contributed by atoms with Crippen LogP contribution in [0.3, 0.4) is 0 Å². The molecule has 1 atom stereocenters. The van der Waals surface area contributed by atoms with Crippen LogP contribution >= 0.6 is 0 Å². The number of amides is 3. The molecule has 0 aromatic rings. The number of nitrogens with two attached hydrogens (primary N) is 1. The van der Waals surface area contributed by atoms with Crippen LogP contribution < -0.4 is 5.73 Å². The molecule has 0 spiro atoms. The minimum Gasteiger partial charge on any atom is -0.448 e. The molecule has 78 valence electrons. The molecule has 7 nitrogen and oxygen atoms in total. The minimum atomic E-state index is -1.27. The Bertz CT molecular complexity index is 277. The van der Waals surface area contributed by atoms with Gasteiger partial charge >= 0.3 is 6.09 Å². The van der Waals surface area contributed by atoms with Crippen LogP contribution in [0.2, 0.25) is 0 Å². The lowest BCUT2D eigenvalue weighted by molar-refractivity contribution is -0.141. The largest absolute Gasteiger partial charge is 0.448 e. The predicted octanol–water partition coefficient (Wildman–Crippen LogP) is -1.80. The average Bonchev–Trinajstić information content (AvgIpc) is 2.31. The van der Waals surface area contributed by atoms with Gasteiger partial charge in [-0.2, -0.15) is 0 Å². The molecule has 1 heterocycles. The fourth-order valence-electron chi connectivity index (χ4n) is 1.14. The van der Waals surface area contributed by atoms with Crippen molar-refractivity contribution in [2.75, 3.05) is 13.2 Å². The second kappa shape index (κ2) is 4.05. The first-order valence-corrected chi connectivity index (χ1v) is 3.97. The molecule has 0 aliphatic carbocycles. The van der Waals surface area contributed by atoms with E-state index in [1.54, 1.807) is 0 Å². The minimum absolute atomic E-state index is 0.0718. The summed E-state index contributed by atoms with van der Waals surface area (Å²) in [6.07, 6.45) is -2.45. The number of aliphatic hydroxyl groups excluding tert-OH is 1. The van der Waals surface area contributed by atoms with Crippen molar-refractivity contribution in [2.45, 2.75) is 12.5 Å². The highest BCUT2D eigenvalue weighted by Crippen LogP contribution is 2.11. The lowest BCUT2D eigenvalue weighted by Crippen LogP contribution is -2.35. The zero-order valence-corrected chi connectivity index (χ0v) is 7.30. The number of primary amides is 1. The number of carbonyl (C=O) groups is 3. The molecule has 3 N–H and O–H groups in total. The van der Waals surface area contributed by atoms with Gasteiger partial charge in [-0.3, -0.25) is 14.5 Å². The normalized spacial score (nSPS) is 21.5. The van der Waals surface area contributed by atoms with E-state index in [9.17, 15) is 14.4 Å². The molecule has 14 heavy (non-hydrogen) atoms. The summed E-state index contributed by atoms with van der Waals surface area (Å²) in [5.41, 5.74) is 4.67. The second-order valence-corrected chi connectivity index (χ2v) is 2.77. The summed E-state index contributed by atoms with van der Waals surface area (Å²) < 4.78 is 4.35. The maximum Gasteiger partial charge on any atom is 0.404 e. The lowest BCUT2D eigenvalue weighted by atomic mass is 10.3. The Morgan fingerprint density at radius 2 is 2.29 bits per heavy atom. The third-order valence-electron chi connectivity index (χ3n) is 1.78. The van der Waals surface area contributed by atoms with Crippen molar-refractivity contribution >= 4 is 17.9 Å². The standard InChI is InChI=1S/C7H10N2O5/c8-7(13)14-2-1-9-5(11)3-4(10)6(9)12/h4,10H,1-3H2,(H2,8,13)/t4-/m0/s1. The smallest absolute Gasteiger partial charge is 0.404 e. The van der Waals surface area contributed by atoms with Crippen molar-refractivity contribution < 1.29 is 24.2 Å². The maximum absolute atomic E-state index is 11.1. The fourth-order valence-corrected chi connectivity index (χ4v) is 1.14. The van der Waals surface area contributed by atoms with E-state index in [-0.39, 0.29) is 19.6 Å². The van der Waals surface area contributed by atoms with Crippen molar-refractivity contribution in [3.05, 3.63) is 0 Å². The Hall–Kier alpha value is -1.63. The van der Waals surface area contributed by atoms with E-state index >= 15 is 0 Å².